The fraction of sp³-hybridized carbons (Fsp3) is 0.435. The second kappa shape index (κ2) is 10.4. The number of allylic oxidation sites excluding steroid dienone is 1. The van der Waals surface area contributed by atoms with Gasteiger partial charge in [0.25, 0.3) is 0 Å². The second-order valence-electron chi connectivity index (χ2n) is 7.50. The molecule has 0 aliphatic heterocycles. The van der Waals surface area contributed by atoms with Gasteiger partial charge in [-0.3, -0.25) is 4.99 Å². The Kier molecular flexibility index (Phi) is 8.19. The standard InChI is InChI=1S/C23H29F3N4O/c1-7-31-22-14-21(23(24,25)26)29-30(22)19-10-8-18(9-11-19)12-16(4)13-20(15(2)3)28-17(5)27-6/h8-11,14,16H,2,7,12-13H2,1,3-6H3. The lowest BCUT2D eigenvalue weighted by Gasteiger charge is -2.14. The van der Waals surface area contributed by atoms with E-state index >= 15 is 0 Å². The number of aromatic nitrogens is 2. The molecule has 0 amide bonds. The van der Waals surface area contributed by atoms with Crippen LogP contribution in [0.25, 0.3) is 5.69 Å². The quantitative estimate of drug-likeness (QED) is 0.382. The fourth-order valence-electron chi connectivity index (χ4n) is 3.08. The first-order chi connectivity index (χ1) is 14.5. The predicted molar refractivity (Wildman–Crippen MR) is 119 cm³/mol. The minimum absolute atomic E-state index is 0.0613. The Hall–Kier alpha value is -2.90. The molecule has 31 heavy (non-hydrogen) atoms. The van der Waals surface area contributed by atoms with Crippen LogP contribution in [0.2, 0.25) is 0 Å². The van der Waals surface area contributed by atoms with Crippen LogP contribution in [0.1, 0.15) is 45.4 Å². The zero-order valence-corrected chi connectivity index (χ0v) is 18.6. The Morgan fingerprint density at radius 1 is 1.23 bits per heavy atom. The third-order valence-corrected chi connectivity index (χ3v) is 4.68. The van der Waals surface area contributed by atoms with E-state index < -0.39 is 11.9 Å². The van der Waals surface area contributed by atoms with Crippen molar-refractivity contribution in [2.45, 2.75) is 46.7 Å². The molecule has 2 aromatic rings. The van der Waals surface area contributed by atoms with Gasteiger partial charge in [0.2, 0.25) is 5.88 Å². The summed E-state index contributed by atoms with van der Waals surface area (Å²) in [6, 6.07) is 8.21. The molecule has 2 rings (SSSR count). The molecule has 168 valence electrons. The number of aliphatic imine (C=N–C) groups is 2. The normalized spacial score (nSPS) is 13.9. The molecular formula is C23H29F3N4O. The van der Waals surface area contributed by atoms with Crippen molar-refractivity contribution < 1.29 is 17.9 Å². The van der Waals surface area contributed by atoms with Crippen LogP contribution in [-0.4, -0.2) is 35.0 Å². The first-order valence-electron chi connectivity index (χ1n) is 10.1. The average molecular weight is 435 g/mol. The first kappa shape index (κ1) is 24.4. The van der Waals surface area contributed by atoms with Crippen LogP contribution in [0.3, 0.4) is 0 Å². The van der Waals surface area contributed by atoms with Crippen LogP contribution in [0.15, 0.2) is 52.5 Å². The van der Waals surface area contributed by atoms with Crippen molar-refractivity contribution in [1.82, 2.24) is 9.78 Å². The summed E-state index contributed by atoms with van der Waals surface area (Å²) >= 11 is 0. The van der Waals surface area contributed by atoms with Crippen molar-refractivity contribution in [2.24, 2.45) is 15.9 Å². The van der Waals surface area contributed by atoms with Gasteiger partial charge in [-0.1, -0.05) is 25.6 Å². The number of amidine groups is 1. The Labute approximate surface area is 181 Å². The number of alkyl halides is 3. The lowest BCUT2D eigenvalue weighted by molar-refractivity contribution is -0.141. The lowest BCUT2D eigenvalue weighted by Crippen LogP contribution is -2.11. The second-order valence-corrected chi connectivity index (χ2v) is 7.50. The van der Waals surface area contributed by atoms with Gasteiger partial charge in [-0.25, -0.2) is 9.67 Å². The van der Waals surface area contributed by atoms with Crippen LogP contribution >= 0.6 is 0 Å². The maximum atomic E-state index is 13.1. The van der Waals surface area contributed by atoms with Gasteiger partial charge in [-0.15, -0.1) is 0 Å². The van der Waals surface area contributed by atoms with Gasteiger partial charge < -0.3 is 4.74 Å². The summed E-state index contributed by atoms with van der Waals surface area (Å²) in [6.07, 6.45) is -2.98. The van der Waals surface area contributed by atoms with E-state index in [0.717, 1.165) is 35.8 Å². The van der Waals surface area contributed by atoms with Crippen molar-refractivity contribution in [1.29, 1.82) is 0 Å². The third-order valence-electron chi connectivity index (χ3n) is 4.68. The molecule has 1 aromatic heterocycles. The van der Waals surface area contributed by atoms with Crippen LogP contribution in [0.4, 0.5) is 13.2 Å². The zero-order valence-electron chi connectivity index (χ0n) is 18.6. The summed E-state index contributed by atoms with van der Waals surface area (Å²) in [6.45, 7) is 11.9. The Bertz CT molecular complexity index is 956. The number of ether oxygens (including phenoxy) is 1. The van der Waals surface area contributed by atoms with Gasteiger partial charge in [0.05, 0.1) is 12.3 Å². The predicted octanol–water partition coefficient (Wildman–Crippen LogP) is 5.92. The monoisotopic (exact) mass is 434 g/mol. The highest BCUT2D eigenvalue weighted by Crippen LogP contribution is 2.32. The maximum Gasteiger partial charge on any atom is 0.435 e. The van der Waals surface area contributed by atoms with Crippen LogP contribution < -0.4 is 4.74 Å². The van der Waals surface area contributed by atoms with Gasteiger partial charge in [-0.2, -0.15) is 18.3 Å². The van der Waals surface area contributed by atoms with Gasteiger partial charge in [0.1, 0.15) is 5.84 Å². The van der Waals surface area contributed by atoms with Gasteiger partial charge in [0.15, 0.2) is 5.69 Å². The number of nitrogens with zero attached hydrogens (tertiary/aromatic N) is 4. The van der Waals surface area contributed by atoms with E-state index in [1.807, 2.05) is 26.0 Å². The summed E-state index contributed by atoms with van der Waals surface area (Å²) in [4.78, 5) is 8.61. The van der Waals surface area contributed by atoms with E-state index in [9.17, 15) is 13.2 Å². The molecule has 0 N–H and O–H groups in total. The Balaban J connectivity index is 2.18. The summed E-state index contributed by atoms with van der Waals surface area (Å²) in [5.41, 5.74) is 2.43. The molecule has 0 saturated carbocycles. The summed E-state index contributed by atoms with van der Waals surface area (Å²) in [7, 11) is 1.70. The molecule has 0 spiro atoms. The van der Waals surface area contributed by atoms with Gasteiger partial charge in [0, 0.05) is 18.8 Å². The molecule has 1 unspecified atom stereocenters. The fourth-order valence-corrected chi connectivity index (χ4v) is 3.08. The number of hydrogen-bond donors (Lipinski definition) is 0. The maximum absolute atomic E-state index is 13.1. The molecule has 0 bridgehead atoms. The molecule has 0 radical (unpaired) electrons. The van der Waals surface area contributed by atoms with E-state index in [0.29, 0.717) is 17.4 Å². The molecule has 1 heterocycles. The van der Waals surface area contributed by atoms with Crippen molar-refractivity contribution in [3.8, 4) is 11.6 Å². The molecule has 0 aliphatic carbocycles. The summed E-state index contributed by atoms with van der Waals surface area (Å²) in [5.74, 6) is 1.06. The Morgan fingerprint density at radius 3 is 2.39 bits per heavy atom. The molecule has 0 saturated heterocycles. The van der Waals surface area contributed by atoms with Crippen molar-refractivity contribution >= 4 is 11.5 Å². The van der Waals surface area contributed by atoms with Crippen LogP contribution in [0, 0.1) is 5.92 Å². The zero-order chi connectivity index (χ0) is 23.2. The highest BCUT2D eigenvalue weighted by Gasteiger charge is 2.35. The third kappa shape index (κ3) is 6.80. The molecule has 0 fully saturated rings. The Morgan fingerprint density at radius 2 is 1.87 bits per heavy atom. The van der Waals surface area contributed by atoms with Crippen molar-refractivity contribution in [3.63, 3.8) is 0 Å². The number of rotatable bonds is 8. The first-order valence-corrected chi connectivity index (χ1v) is 10.1. The van der Waals surface area contributed by atoms with Crippen LogP contribution in [-0.2, 0) is 12.6 Å². The summed E-state index contributed by atoms with van der Waals surface area (Å²) < 4.78 is 45.7. The highest BCUT2D eigenvalue weighted by molar-refractivity contribution is 6.06. The summed E-state index contributed by atoms with van der Waals surface area (Å²) in [5, 5.41) is 3.69. The molecular weight excluding hydrogens is 405 g/mol. The topological polar surface area (TPSA) is 51.8 Å². The molecule has 1 aromatic carbocycles. The highest BCUT2D eigenvalue weighted by atomic mass is 19.4. The molecule has 8 heteroatoms. The van der Waals surface area contributed by atoms with E-state index in [1.54, 1.807) is 26.1 Å². The smallest absolute Gasteiger partial charge is 0.435 e. The minimum atomic E-state index is -4.53. The van der Waals surface area contributed by atoms with E-state index in [-0.39, 0.29) is 12.5 Å². The number of hydrogen-bond acceptors (Lipinski definition) is 3. The van der Waals surface area contributed by atoms with Gasteiger partial charge >= 0.3 is 6.18 Å². The largest absolute Gasteiger partial charge is 0.478 e. The molecule has 5 nitrogen and oxygen atoms in total. The van der Waals surface area contributed by atoms with E-state index in [2.05, 4.69) is 28.6 Å². The number of halogens is 3. The van der Waals surface area contributed by atoms with Crippen LogP contribution in [0.5, 0.6) is 5.88 Å². The van der Waals surface area contributed by atoms with E-state index in [4.69, 9.17) is 4.74 Å². The van der Waals surface area contributed by atoms with Crippen molar-refractivity contribution in [2.75, 3.05) is 13.7 Å². The van der Waals surface area contributed by atoms with E-state index in [1.165, 1.54) is 4.68 Å². The molecule has 0 aliphatic rings. The molecule has 1 atom stereocenters. The SMILES string of the molecule is C=C(C)C(CC(C)Cc1ccc(-n2nc(C(F)(F)F)cc2OCC)cc1)=NC(C)=NC. The average Bonchev–Trinajstić information content (AvgIpc) is 3.12. The lowest BCUT2D eigenvalue weighted by atomic mass is 9.93. The van der Waals surface area contributed by atoms with Gasteiger partial charge in [-0.05, 0) is 62.8 Å². The minimum Gasteiger partial charge on any atom is -0.478 e. The van der Waals surface area contributed by atoms with Crippen molar-refractivity contribution in [3.05, 3.63) is 53.7 Å². The number of benzene rings is 1.